The van der Waals surface area contributed by atoms with E-state index in [-0.39, 0.29) is 29.5 Å². The maximum absolute atomic E-state index is 12.8. The normalized spacial score (nSPS) is 29.2. The standard InChI is InChI=1S/C22H31N5O5Si/c1-33(2,3)32-20(22-11-14-8-15(12-22)10-16(22)9-14)19(13-24-26-23)25-21(28)31-18-6-4-17(5-7-18)27(29)30/h4-7,14-16,19-20H,8-13H2,1-3H3,(H,25,28)/t14?,15?,16?,19-,20-,22?/m1/s1. The molecule has 1 N–H and O–H groups in total. The maximum atomic E-state index is 12.8. The van der Waals surface area contributed by atoms with Crippen LogP contribution in [0.3, 0.4) is 0 Å². The molecule has 11 heteroatoms. The number of ether oxygens (including phenoxy) is 1. The predicted molar refractivity (Wildman–Crippen MR) is 124 cm³/mol. The summed E-state index contributed by atoms with van der Waals surface area (Å²) in [6.07, 6.45) is 4.95. The maximum Gasteiger partial charge on any atom is 0.412 e. The molecule has 4 saturated carbocycles. The second-order valence-electron chi connectivity index (χ2n) is 10.7. The largest absolute Gasteiger partial charge is 0.412 e. The molecule has 0 heterocycles. The molecular formula is C22H31N5O5Si. The lowest BCUT2D eigenvalue weighted by molar-refractivity contribution is -0.384. The second-order valence-corrected chi connectivity index (χ2v) is 15.2. The van der Waals surface area contributed by atoms with Gasteiger partial charge in [-0.2, -0.15) is 0 Å². The number of hydrogen-bond acceptors (Lipinski definition) is 6. The molecule has 0 aliphatic heterocycles. The van der Waals surface area contributed by atoms with Crippen LogP contribution in [0.2, 0.25) is 19.6 Å². The van der Waals surface area contributed by atoms with E-state index in [1.807, 2.05) is 0 Å². The number of carbonyl (C=O) groups is 1. The fourth-order valence-electron chi connectivity index (χ4n) is 6.57. The number of amides is 1. The van der Waals surface area contributed by atoms with Gasteiger partial charge in [-0.05, 0) is 87.2 Å². The summed E-state index contributed by atoms with van der Waals surface area (Å²) < 4.78 is 12.1. The third-order valence-electron chi connectivity index (χ3n) is 7.37. The van der Waals surface area contributed by atoms with Crippen molar-refractivity contribution >= 4 is 20.1 Å². The third kappa shape index (κ3) is 5.00. The van der Waals surface area contributed by atoms with Crippen LogP contribution in [-0.2, 0) is 4.43 Å². The smallest absolute Gasteiger partial charge is 0.412 e. The number of nitro groups is 1. The van der Waals surface area contributed by atoms with Crippen LogP contribution in [0.4, 0.5) is 10.5 Å². The molecular weight excluding hydrogens is 442 g/mol. The first kappa shape index (κ1) is 23.5. The Hall–Kier alpha value is -2.62. The highest BCUT2D eigenvalue weighted by Crippen LogP contribution is 2.67. The molecule has 4 fully saturated rings. The topological polar surface area (TPSA) is 139 Å². The van der Waals surface area contributed by atoms with Crippen molar-refractivity contribution in [2.45, 2.75) is 63.9 Å². The van der Waals surface area contributed by atoms with Crippen molar-refractivity contribution in [3.8, 4) is 5.75 Å². The van der Waals surface area contributed by atoms with E-state index in [9.17, 15) is 14.9 Å². The van der Waals surface area contributed by atoms with Crippen molar-refractivity contribution in [1.29, 1.82) is 0 Å². The van der Waals surface area contributed by atoms with E-state index in [0.29, 0.717) is 17.8 Å². The highest BCUT2D eigenvalue weighted by molar-refractivity contribution is 6.69. The monoisotopic (exact) mass is 473 g/mol. The minimum atomic E-state index is -2.00. The molecule has 0 aromatic heterocycles. The van der Waals surface area contributed by atoms with Crippen molar-refractivity contribution in [3.05, 3.63) is 44.8 Å². The van der Waals surface area contributed by atoms with Crippen LogP contribution in [0.25, 0.3) is 10.4 Å². The Labute approximate surface area is 193 Å². The number of nitrogens with zero attached hydrogens (tertiary/aromatic N) is 4. The number of non-ortho nitro benzene ring substituents is 1. The fourth-order valence-corrected chi connectivity index (χ4v) is 7.73. The Balaban J connectivity index is 1.56. The van der Waals surface area contributed by atoms with Crippen LogP contribution >= 0.6 is 0 Å². The van der Waals surface area contributed by atoms with Gasteiger partial charge in [-0.1, -0.05) is 5.11 Å². The fraction of sp³-hybridized carbons (Fsp3) is 0.682. The van der Waals surface area contributed by atoms with Gasteiger partial charge >= 0.3 is 6.09 Å². The first-order chi connectivity index (χ1) is 15.6. The Morgan fingerprint density at radius 2 is 1.91 bits per heavy atom. The molecule has 0 saturated heterocycles. The van der Waals surface area contributed by atoms with Gasteiger partial charge in [0.1, 0.15) is 5.75 Å². The van der Waals surface area contributed by atoms with E-state index < -0.39 is 25.4 Å². The van der Waals surface area contributed by atoms with Crippen molar-refractivity contribution < 1.29 is 18.9 Å². The number of benzene rings is 1. The van der Waals surface area contributed by atoms with Gasteiger partial charge in [0.05, 0.1) is 17.1 Å². The first-order valence-corrected chi connectivity index (χ1v) is 14.9. The molecule has 1 amide bonds. The zero-order chi connectivity index (χ0) is 23.8. The Morgan fingerprint density at radius 1 is 1.27 bits per heavy atom. The summed E-state index contributed by atoms with van der Waals surface area (Å²) in [6.45, 7) is 6.48. The number of nitro benzene ring substituents is 1. The summed E-state index contributed by atoms with van der Waals surface area (Å²) in [5, 5.41) is 17.6. The van der Waals surface area contributed by atoms with Crippen LogP contribution < -0.4 is 10.1 Å². The number of carbonyl (C=O) groups excluding carboxylic acids is 1. The van der Waals surface area contributed by atoms with Gasteiger partial charge in [0.2, 0.25) is 0 Å². The highest BCUT2D eigenvalue weighted by atomic mass is 28.4. The lowest BCUT2D eigenvalue weighted by Crippen LogP contribution is -2.58. The Morgan fingerprint density at radius 3 is 2.45 bits per heavy atom. The molecule has 0 radical (unpaired) electrons. The molecule has 4 atom stereocenters. The van der Waals surface area contributed by atoms with E-state index in [1.165, 1.54) is 43.5 Å². The quantitative estimate of drug-likeness (QED) is 0.128. The Kier molecular flexibility index (Phi) is 6.39. The van der Waals surface area contributed by atoms with E-state index >= 15 is 0 Å². The average Bonchev–Trinajstić information content (AvgIpc) is 3.13. The first-order valence-electron chi connectivity index (χ1n) is 11.5. The minimum Gasteiger partial charge on any atom is -0.412 e. The zero-order valence-electron chi connectivity index (χ0n) is 19.3. The van der Waals surface area contributed by atoms with Crippen molar-refractivity contribution in [2.75, 3.05) is 6.54 Å². The summed E-state index contributed by atoms with van der Waals surface area (Å²) in [5.41, 5.74) is 8.90. The number of rotatable bonds is 9. The molecule has 33 heavy (non-hydrogen) atoms. The van der Waals surface area contributed by atoms with Crippen LogP contribution in [0.1, 0.15) is 32.1 Å². The van der Waals surface area contributed by atoms with Gasteiger partial charge in [0, 0.05) is 29.0 Å². The van der Waals surface area contributed by atoms with Crippen LogP contribution in [0.5, 0.6) is 5.75 Å². The van der Waals surface area contributed by atoms with Gasteiger partial charge in [-0.3, -0.25) is 10.1 Å². The molecule has 2 unspecified atom stereocenters. The van der Waals surface area contributed by atoms with Gasteiger partial charge in [0.25, 0.3) is 5.69 Å². The molecule has 178 valence electrons. The number of azide groups is 1. The molecule has 4 bridgehead atoms. The van der Waals surface area contributed by atoms with Crippen molar-refractivity contribution in [1.82, 2.24) is 5.32 Å². The van der Waals surface area contributed by atoms with Crippen LogP contribution in [-0.4, -0.2) is 38.0 Å². The average molecular weight is 474 g/mol. The van der Waals surface area contributed by atoms with Crippen molar-refractivity contribution in [2.24, 2.45) is 28.3 Å². The molecule has 4 aliphatic carbocycles. The number of hydrogen-bond donors (Lipinski definition) is 1. The second kappa shape index (κ2) is 8.96. The SMILES string of the molecule is C[Si](C)(C)O[C@H]([C@@H](CN=[N+]=[N-])NC(=O)Oc1ccc([N+](=O)[O-])cc1)C12CC3CC(CC1C3)C2. The van der Waals surface area contributed by atoms with Gasteiger partial charge in [0.15, 0.2) is 8.32 Å². The molecule has 10 nitrogen and oxygen atoms in total. The lowest BCUT2D eigenvalue weighted by atomic mass is 9.70. The molecule has 0 spiro atoms. The molecule has 1 aromatic carbocycles. The summed E-state index contributed by atoms with van der Waals surface area (Å²) >= 11 is 0. The molecule has 5 rings (SSSR count). The summed E-state index contributed by atoms with van der Waals surface area (Å²) in [6, 6.07) is 4.81. The predicted octanol–water partition coefficient (Wildman–Crippen LogP) is 5.41. The Bertz CT molecular complexity index is 945. The van der Waals surface area contributed by atoms with E-state index in [1.54, 1.807) is 0 Å². The molecule has 4 aliphatic rings. The summed E-state index contributed by atoms with van der Waals surface area (Å²) in [5.74, 6) is 2.19. The van der Waals surface area contributed by atoms with Crippen LogP contribution in [0.15, 0.2) is 29.4 Å². The minimum absolute atomic E-state index is 0.00978. The van der Waals surface area contributed by atoms with Gasteiger partial charge in [-0.25, -0.2) is 4.79 Å². The zero-order valence-corrected chi connectivity index (χ0v) is 20.3. The van der Waals surface area contributed by atoms with Gasteiger partial charge in [-0.15, -0.1) is 0 Å². The van der Waals surface area contributed by atoms with E-state index in [0.717, 1.165) is 12.8 Å². The van der Waals surface area contributed by atoms with Crippen LogP contribution in [0, 0.1) is 33.3 Å². The molecule has 1 aromatic rings. The number of nitrogens with one attached hydrogen (secondary N) is 1. The van der Waals surface area contributed by atoms with E-state index in [2.05, 4.69) is 35.0 Å². The lowest BCUT2D eigenvalue weighted by Gasteiger charge is -2.46. The third-order valence-corrected chi connectivity index (χ3v) is 8.33. The van der Waals surface area contributed by atoms with E-state index in [4.69, 9.17) is 14.7 Å². The highest BCUT2D eigenvalue weighted by Gasteiger charge is 2.62. The van der Waals surface area contributed by atoms with Crippen molar-refractivity contribution in [3.63, 3.8) is 0 Å². The summed E-state index contributed by atoms with van der Waals surface area (Å²) in [4.78, 5) is 26.1. The summed E-state index contributed by atoms with van der Waals surface area (Å²) in [7, 11) is -2.00. The van der Waals surface area contributed by atoms with Gasteiger partial charge < -0.3 is 14.5 Å².